The number of benzene rings is 1. The van der Waals surface area contributed by atoms with Gasteiger partial charge in [0.15, 0.2) is 0 Å². The largest absolute Gasteiger partial charge is 0.330 e. The minimum absolute atomic E-state index is 0. The highest BCUT2D eigenvalue weighted by Gasteiger charge is 2.33. The summed E-state index contributed by atoms with van der Waals surface area (Å²) in [5.41, 5.74) is 8.24. The van der Waals surface area contributed by atoms with Gasteiger partial charge in [0.1, 0.15) is 0 Å². The Morgan fingerprint density at radius 3 is 2.44 bits per heavy atom. The van der Waals surface area contributed by atoms with E-state index >= 15 is 0 Å². The average molecular weight is 434 g/mol. The monoisotopic (exact) mass is 433 g/mol. The second-order valence-electron chi connectivity index (χ2n) is 7.54. The zero-order valence-electron chi connectivity index (χ0n) is 16.0. The van der Waals surface area contributed by atoms with E-state index < -0.39 is 0 Å². The maximum atomic E-state index is 12.7. The van der Waals surface area contributed by atoms with Crippen LogP contribution in [0.1, 0.15) is 44.1 Å². The number of para-hydroxylation sites is 1. The molecule has 0 spiro atoms. The third kappa shape index (κ3) is 7.13. The van der Waals surface area contributed by atoms with Crippen LogP contribution in [0.25, 0.3) is 0 Å². The van der Waals surface area contributed by atoms with Crippen LogP contribution in [-0.2, 0) is 11.3 Å². The zero-order valence-corrected chi connectivity index (χ0v) is 18.4. The molecule has 1 saturated heterocycles. The summed E-state index contributed by atoms with van der Waals surface area (Å²) in [4.78, 5) is 15.2. The van der Waals surface area contributed by atoms with Crippen LogP contribution in [-0.4, -0.2) is 41.9 Å². The Kier molecular flexibility index (Phi) is 11.1. The van der Waals surface area contributed by atoms with Gasteiger partial charge in [-0.1, -0.05) is 37.5 Å². The molecule has 2 fully saturated rings. The SMILES string of the molecule is Cl.Cl.NCC1(CC(=O)Nc2ccccc2CN2CCSCC2)CCCCC1. The molecule has 1 aromatic rings. The van der Waals surface area contributed by atoms with Gasteiger partial charge in [0.2, 0.25) is 5.91 Å². The number of anilines is 1. The van der Waals surface area contributed by atoms with Gasteiger partial charge in [-0.3, -0.25) is 9.69 Å². The molecule has 3 N–H and O–H groups in total. The average Bonchev–Trinajstić information content (AvgIpc) is 2.65. The van der Waals surface area contributed by atoms with Crippen molar-refractivity contribution < 1.29 is 4.79 Å². The van der Waals surface area contributed by atoms with E-state index in [0.717, 1.165) is 38.2 Å². The number of rotatable bonds is 6. The molecule has 27 heavy (non-hydrogen) atoms. The lowest BCUT2D eigenvalue weighted by molar-refractivity contribution is -0.118. The highest BCUT2D eigenvalue weighted by Crippen LogP contribution is 2.38. The van der Waals surface area contributed by atoms with Gasteiger partial charge in [0.25, 0.3) is 0 Å². The van der Waals surface area contributed by atoms with Crippen molar-refractivity contribution in [2.24, 2.45) is 11.1 Å². The molecule has 0 aromatic heterocycles. The Balaban J connectivity index is 0.00000182. The van der Waals surface area contributed by atoms with Gasteiger partial charge in [0.05, 0.1) is 0 Å². The number of carbonyl (C=O) groups is 1. The smallest absolute Gasteiger partial charge is 0.224 e. The van der Waals surface area contributed by atoms with E-state index in [9.17, 15) is 4.79 Å². The lowest BCUT2D eigenvalue weighted by atomic mass is 9.71. The van der Waals surface area contributed by atoms with Crippen LogP contribution in [0.15, 0.2) is 24.3 Å². The molecule has 0 unspecified atom stereocenters. The van der Waals surface area contributed by atoms with Crippen LogP contribution in [0.5, 0.6) is 0 Å². The van der Waals surface area contributed by atoms with Crippen LogP contribution in [0.2, 0.25) is 0 Å². The summed E-state index contributed by atoms with van der Waals surface area (Å²) in [5, 5.41) is 3.18. The van der Waals surface area contributed by atoms with E-state index in [1.165, 1.54) is 36.3 Å². The van der Waals surface area contributed by atoms with Crippen molar-refractivity contribution in [3.63, 3.8) is 0 Å². The van der Waals surface area contributed by atoms with Crippen molar-refractivity contribution >= 4 is 48.2 Å². The molecule has 0 bridgehead atoms. The van der Waals surface area contributed by atoms with Gasteiger partial charge in [-0.15, -0.1) is 24.8 Å². The van der Waals surface area contributed by atoms with E-state index in [1.54, 1.807) is 0 Å². The highest BCUT2D eigenvalue weighted by molar-refractivity contribution is 7.99. The molecule has 7 heteroatoms. The Labute approximate surface area is 180 Å². The van der Waals surface area contributed by atoms with Crippen LogP contribution >= 0.6 is 36.6 Å². The normalized spacial score (nSPS) is 19.4. The Morgan fingerprint density at radius 2 is 1.78 bits per heavy atom. The number of nitrogens with one attached hydrogen (secondary N) is 1. The summed E-state index contributed by atoms with van der Waals surface area (Å²) in [7, 11) is 0. The maximum absolute atomic E-state index is 12.7. The van der Waals surface area contributed by atoms with Gasteiger partial charge >= 0.3 is 0 Å². The number of carbonyl (C=O) groups excluding carboxylic acids is 1. The van der Waals surface area contributed by atoms with Gasteiger partial charge in [-0.25, -0.2) is 0 Å². The van der Waals surface area contributed by atoms with Crippen LogP contribution in [0.3, 0.4) is 0 Å². The van der Waals surface area contributed by atoms with Gasteiger partial charge in [0, 0.05) is 43.2 Å². The molecule has 1 aliphatic carbocycles. The first-order valence-electron chi connectivity index (χ1n) is 9.59. The summed E-state index contributed by atoms with van der Waals surface area (Å²) in [6.07, 6.45) is 6.41. The number of halogens is 2. The lowest BCUT2D eigenvalue weighted by Gasteiger charge is -2.35. The van der Waals surface area contributed by atoms with Crippen molar-refractivity contribution in [3.8, 4) is 0 Å². The number of hydrogen-bond donors (Lipinski definition) is 2. The third-order valence-corrected chi connectivity index (χ3v) is 6.61. The molecular formula is C20H33Cl2N3OS. The van der Waals surface area contributed by atoms with E-state index in [0.29, 0.717) is 13.0 Å². The number of hydrogen-bond acceptors (Lipinski definition) is 4. The Hall–Kier alpha value is -0.460. The maximum Gasteiger partial charge on any atom is 0.224 e. The molecule has 4 nitrogen and oxygen atoms in total. The highest BCUT2D eigenvalue weighted by atomic mass is 35.5. The first kappa shape index (κ1) is 24.6. The number of thioether (sulfide) groups is 1. The molecule has 2 aliphatic rings. The summed E-state index contributed by atoms with van der Waals surface area (Å²) in [6, 6.07) is 8.23. The minimum atomic E-state index is 0. The summed E-state index contributed by atoms with van der Waals surface area (Å²) >= 11 is 2.02. The number of nitrogens with zero attached hydrogens (tertiary/aromatic N) is 1. The lowest BCUT2D eigenvalue weighted by Crippen LogP contribution is -2.36. The van der Waals surface area contributed by atoms with Crippen molar-refractivity contribution in [2.45, 2.75) is 45.1 Å². The summed E-state index contributed by atoms with van der Waals surface area (Å²) in [5.74, 6) is 2.52. The number of nitrogens with two attached hydrogens (primary N) is 1. The fourth-order valence-electron chi connectivity index (χ4n) is 4.07. The van der Waals surface area contributed by atoms with E-state index in [1.807, 2.05) is 23.9 Å². The van der Waals surface area contributed by atoms with Gasteiger partial charge in [-0.2, -0.15) is 11.8 Å². The molecule has 1 aromatic carbocycles. The van der Waals surface area contributed by atoms with Crippen LogP contribution < -0.4 is 11.1 Å². The molecule has 154 valence electrons. The second-order valence-corrected chi connectivity index (χ2v) is 8.76. The zero-order chi connectivity index (χ0) is 17.5. The molecule has 0 atom stereocenters. The molecule has 0 radical (unpaired) electrons. The molecule has 1 saturated carbocycles. The quantitative estimate of drug-likeness (QED) is 0.700. The fourth-order valence-corrected chi connectivity index (χ4v) is 5.05. The van der Waals surface area contributed by atoms with E-state index in [-0.39, 0.29) is 36.1 Å². The van der Waals surface area contributed by atoms with Gasteiger partial charge in [-0.05, 0) is 36.4 Å². The topological polar surface area (TPSA) is 58.4 Å². The Bertz CT molecular complexity index is 576. The molecule has 1 heterocycles. The standard InChI is InChI=1S/C20H31N3OS.2ClH/c21-16-20(8-4-1-5-9-20)14-19(24)22-18-7-3-2-6-17(18)15-23-10-12-25-13-11-23;;/h2-3,6-7H,1,4-5,8-16,21H2,(H,22,24);2*1H. The summed E-state index contributed by atoms with van der Waals surface area (Å²) < 4.78 is 0. The van der Waals surface area contributed by atoms with Crippen LogP contribution in [0, 0.1) is 5.41 Å². The first-order valence-corrected chi connectivity index (χ1v) is 10.7. The van der Waals surface area contributed by atoms with Crippen LogP contribution in [0.4, 0.5) is 5.69 Å². The Morgan fingerprint density at radius 1 is 1.11 bits per heavy atom. The van der Waals surface area contributed by atoms with E-state index in [4.69, 9.17) is 5.73 Å². The van der Waals surface area contributed by atoms with Gasteiger partial charge < -0.3 is 11.1 Å². The first-order chi connectivity index (χ1) is 12.2. The van der Waals surface area contributed by atoms with Crippen molar-refractivity contribution in [1.82, 2.24) is 4.90 Å². The predicted molar refractivity (Wildman–Crippen MR) is 121 cm³/mol. The fraction of sp³-hybridized carbons (Fsp3) is 0.650. The molecule has 1 amide bonds. The second kappa shape index (κ2) is 12.2. The molecule has 1 aliphatic heterocycles. The van der Waals surface area contributed by atoms with E-state index in [2.05, 4.69) is 22.3 Å². The molecular weight excluding hydrogens is 401 g/mol. The number of amides is 1. The minimum Gasteiger partial charge on any atom is -0.330 e. The van der Waals surface area contributed by atoms with Crippen molar-refractivity contribution in [3.05, 3.63) is 29.8 Å². The predicted octanol–water partition coefficient (Wildman–Crippen LogP) is 4.32. The summed E-state index contributed by atoms with van der Waals surface area (Å²) in [6.45, 7) is 3.79. The molecule has 3 rings (SSSR count). The van der Waals surface area contributed by atoms with Crippen molar-refractivity contribution in [2.75, 3.05) is 36.5 Å². The van der Waals surface area contributed by atoms with Crippen molar-refractivity contribution in [1.29, 1.82) is 0 Å². The third-order valence-electron chi connectivity index (χ3n) is 5.67.